The van der Waals surface area contributed by atoms with Crippen LogP contribution in [0.1, 0.15) is 53.0 Å². The largest absolute Gasteiger partial charge is 0.507 e. The third-order valence-corrected chi connectivity index (χ3v) is 7.39. The van der Waals surface area contributed by atoms with Crippen molar-refractivity contribution >= 4 is 50.1 Å². The highest BCUT2D eigenvalue weighted by Crippen LogP contribution is 2.44. The average Bonchev–Trinajstić information content (AvgIpc) is 3.45. The molecular weight excluding hydrogens is 506 g/mol. The van der Waals surface area contributed by atoms with Gasteiger partial charge in [0.1, 0.15) is 17.6 Å². The number of aliphatic hydroxyl groups excluding tert-OH is 1. The van der Waals surface area contributed by atoms with E-state index in [-0.39, 0.29) is 27.9 Å². The summed E-state index contributed by atoms with van der Waals surface area (Å²) in [6.07, 6.45) is 1.54. The number of amides is 1. The van der Waals surface area contributed by atoms with Gasteiger partial charge in [0.15, 0.2) is 5.13 Å². The second-order valence-electron chi connectivity index (χ2n) is 9.02. The Morgan fingerprint density at radius 2 is 1.82 bits per heavy atom. The number of rotatable bonds is 6. The fourth-order valence-corrected chi connectivity index (χ4v) is 5.52. The van der Waals surface area contributed by atoms with Crippen LogP contribution in [0.25, 0.3) is 16.0 Å². The van der Waals surface area contributed by atoms with Crippen LogP contribution in [-0.4, -0.2) is 45.0 Å². The Kier molecular flexibility index (Phi) is 6.41. The summed E-state index contributed by atoms with van der Waals surface area (Å²) in [7, 11) is 1.56. The van der Waals surface area contributed by atoms with E-state index in [1.807, 2.05) is 13.8 Å². The molecule has 1 aliphatic rings. The Morgan fingerprint density at radius 1 is 1.05 bits per heavy atom. The number of aromatic carboxylic acids is 1. The van der Waals surface area contributed by atoms with Gasteiger partial charge in [-0.15, -0.1) is 0 Å². The molecule has 0 spiro atoms. The molecule has 5 rings (SSSR count). The zero-order chi connectivity index (χ0) is 27.1. The van der Waals surface area contributed by atoms with E-state index in [2.05, 4.69) is 9.97 Å². The Morgan fingerprint density at radius 3 is 2.47 bits per heavy atom. The van der Waals surface area contributed by atoms with Crippen molar-refractivity contribution in [1.82, 2.24) is 9.97 Å². The second kappa shape index (κ2) is 9.71. The minimum atomic E-state index is -1.09. The second-order valence-corrected chi connectivity index (χ2v) is 10.0. The zero-order valence-electron chi connectivity index (χ0n) is 20.7. The fraction of sp³-hybridized carbons (Fsp3) is 0.179. The number of hydrogen-bond acceptors (Lipinski definition) is 8. The summed E-state index contributed by atoms with van der Waals surface area (Å²) >= 11 is 1.08. The maximum absolute atomic E-state index is 13.4. The van der Waals surface area contributed by atoms with Gasteiger partial charge in [-0.1, -0.05) is 31.3 Å². The van der Waals surface area contributed by atoms with Crippen LogP contribution in [0.2, 0.25) is 0 Å². The first-order valence-electron chi connectivity index (χ1n) is 11.8. The summed E-state index contributed by atoms with van der Waals surface area (Å²) in [5.74, 6) is -2.43. The normalized spacial score (nSPS) is 16.9. The van der Waals surface area contributed by atoms with Crippen LogP contribution in [0.15, 0.2) is 66.4 Å². The number of carbonyl (C=O) groups excluding carboxylic acids is 2. The van der Waals surface area contributed by atoms with E-state index in [9.17, 15) is 24.6 Å². The molecule has 2 aromatic heterocycles. The van der Waals surface area contributed by atoms with Gasteiger partial charge in [-0.3, -0.25) is 19.5 Å². The molecule has 0 saturated carbocycles. The number of methoxy groups -OCH3 is 1. The number of ether oxygens (including phenoxy) is 1. The zero-order valence-corrected chi connectivity index (χ0v) is 21.5. The number of carboxylic acid groups (broad SMARTS) is 1. The van der Waals surface area contributed by atoms with Crippen LogP contribution in [0.3, 0.4) is 0 Å². The van der Waals surface area contributed by atoms with Crippen molar-refractivity contribution in [3.8, 4) is 5.75 Å². The van der Waals surface area contributed by atoms with Crippen LogP contribution in [0, 0.1) is 0 Å². The number of nitrogens with zero attached hydrogens (tertiary/aromatic N) is 3. The first-order valence-corrected chi connectivity index (χ1v) is 12.6. The van der Waals surface area contributed by atoms with Crippen LogP contribution in [0.5, 0.6) is 5.75 Å². The van der Waals surface area contributed by atoms with Gasteiger partial charge in [0, 0.05) is 11.8 Å². The summed E-state index contributed by atoms with van der Waals surface area (Å²) in [6.45, 7) is 3.97. The van der Waals surface area contributed by atoms with E-state index >= 15 is 0 Å². The van der Waals surface area contributed by atoms with E-state index in [1.165, 1.54) is 23.2 Å². The molecule has 1 amide bonds. The molecule has 4 aromatic rings. The number of pyridine rings is 1. The first kappa shape index (κ1) is 25.1. The van der Waals surface area contributed by atoms with Gasteiger partial charge in [0.05, 0.1) is 34.2 Å². The molecule has 1 fully saturated rings. The molecule has 10 heteroatoms. The molecule has 38 heavy (non-hydrogen) atoms. The summed E-state index contributed by atoms with van der Waals surface area (Å²) in [4.78, 5) is 48.4. The number of carboxylic acids is 1. The summed E-state index contributed by atoms with van der Waals surface area (Å²) in [5, 5.41) is 21.0. The van der Waals surface area contributed by atoms with Crippen molar-refractivity contribution in [2.45, 2.75) is 25.8 Å². The predicted octanol–water partition coefficient (Wildman–Crippen LogP) is 5.15. The quantitative estimate of drug-likeness (QED) is 0.199. The van der Waals surface area contributed by atoms with Crippen molar-refractivity contribution in [2.24, 2.45) is 0 Å². The van der Waals surface area contributed by atoms with E-state index in [0.717, 1.165) is 16.9 Å². The van der Waals surface area contributed by atoms with E-state index in [1.54, 1.807) is 49.6 Å². The van der Waals surface area contributed by atoms with Gasteiger partial charge in [-0.05, 0) is 60.0 Å². The maximum atomic E-state index is 13.4. The Hall–Kier alpha value is -4.57. The number of ketones is 1. The molecule has 2 aromatic carbocycles. The van der Waals surface area contributed by atoms with Crippen LogP contribution >= 0.6 is 11.3 Å². The molecule has 0 aliphatic carbocycles. The fourth-order valence-electron chi connectivity index (χ4n) is 4.48. The number of benzene rings is 2. The molecule has 1 aliphatic heterocycles. The highest BCUT2D eigenvalue weighted by atomic mass is 32.1. The topological polar surface area (TPSA) is 130 Å². The number of aliphatic hydroxyl groups is 1. The number of aromatic nitrogens is 2. The SMILES string of the molecule is COc1ccc(/C(O)=C2\C(=O)C(=O)N(c3nc4ccc(C(=O)O)cc4s3)C2c2ccccn2)cc1C(C)C. The summed E-state index contributed by atoms with van der Waals surface area (Å²) in [6, 6.07) is 13.6. The summed E-state index contributed by atoms with van der Waals surface area (Å²) < 4.78 is 5.98. The van der Waals surface area contributed by atoms with Gasteiger partial charge in [-0.2, -0.15) is 0 Å². The molecular formula is C28H23N3O6S. The highest BCUT2D eigenvalue weighted by Gasteiger charge is 2.49. The monoisotopic (exact) mass is 529 g/mol. The first-order chi connectivity index (χ1) is 18.2. The lowest BCUT2D eigenvalue weighted by atomic mass is 9.94. The molecule has 192 valence electrons. The number of anilines is 1. The number of carbonyl (C=O) groups is 3. The van der Waals surface area contributed by atoms with Crippen molar-refractivity contribution < 1.29 is 29.3 Å². The Balaban J connectivity index is 1.70. The standard InChI is InChI=1S/C28H23N3O6S/c1-14(2)17-12-15(8-10-20(17)37-3)24(32)22-23(19-6-4-5-11-29-19)31(26(34)25(22)33)28-30-18-9-7-16(27(35)36)13-21(18)38-28/h4-14,23,32H,1-3H3,(H,35,36)/b24-22+. The van der Waals surface area contributed by atoms with Crippen LogP contribution < -0.4 is 9.64 Å². The molecule has 0 radical (unpaired) electrons. The van der Waals surface area contributed by atoms with Crippen molar-refractivity contribution in [3.63, 3.8) is 0 Å². The minimum Gasteiger partial charge on any atom is -0.507 e. The minimum absolute atomic E-state index is 0.0742. The van der Waals surface area contributed by atoms with E-state index in [0.29, 0.717) is 27.2 Å². The maximum Gasteiger partial charge on any atom is 0.335 e. The van der Waals surface area contributed by atoms with Gasteiger partial charge >= 0.3 is 11.9 Å². The molecule has 1 saturated heterocycles. The van der Waals surface area contributed by atoms with E-state index in [4.69, 9.17) is 4.74 Å². The molecule has 1 atom stereocenters. The van der Waals surface area contributed by atoms with Gasteiger partial charge in [0.25, 0.3) is 5.78 Å². The van der Waals surface area contributed by atoms with Gasteiger partial charge in [0.2, 0.25) is 0 Å². The van der Waals surface area contributed by atoms with Crippen molar-refractivity contribution in [1.29, 1.82) is 0 Å². The van der Waals surface area contributed by atoms with Crippen molar-refractivity contribution in [2.75, 3.05) is 12.0 Å². The third-order valence-electron chi connectivity index (χ3n) is 6.37. The molecule has 1 unspecified atom stereocenters. The number of hydrogen-bond donors (Lipinski definition) is 2. The van der Waals surface area contributed by atoms with Gasteiger partial charge in [-0.25, -0.2) is 9.78 Å². The highest BCUT2D eigenvalue weighted by molar-refractivity contribution is 7.22. The predicted molar refractivity (Wildman–Crippen MR) is 143 cm³/mol. The number of Topliss-reactive ketones (excluding diaryl/α,β-unsaturated/α-hetero) is 1. The Labute approximate surface area is 221 Å². The lowest BCUT2D eigenvalue weighted by Gasteiger charge is -2.22. The van der Waals surface area contributed by atoms with Gasteiger partial charge < -0.3 is 14.9 Å². The molecule has 0 bridgehead atoms. The lowest BCUT2D eigenvalue weighted by Crippen LogP contribution is -2.29. The number of fused-ring (bicyclic) bond motifs is 1. The average molecular weight is 530 g/mol. The van der Waals surface area contributed by atoms with Crippen LogP contribution in [0.4, 0.5) is 5.13 Å². The van der Waals surface area contributed by atoms with E-state index < -0.39 is 23.7 Å². The lowest BCUT2D eigenvalue weighted by molar-refractivity contribution is -0.132. The van der Waals surface area contributed by atoms with Crippen LogP contribution in [-0.2, 0) is 9.59 Å². The summed E-state index contributed by atoms with van der Waals surface area (Å²) in [5.41, 5.74) is 2.02. The molecule has 3 heterocycles. The molecule has 9 nitrogen and oxygen atoms in total. The van der Waals surface area contributed by atoms with Crippen molar-refractivity contribution in [3.05, 3.63) is 88.8 Å². The number of thiazole rings is 1. The third kappa shape index (κ3) is 4.18. The Bertz CT molecular complexity index is 1630. The smallest absolute Gasteiger partial charge is 0.335 e. The molecule has 2 N–H and O–H groups in total.